The molecule has 0 heterocycles. The molecule has 2 aromatic carbocycles. The van der Waals surface area contributed by atoms with Crippen molar-refractivity contribution in [2.24, 2.45) is 5.73 Å². The molecule has 0 spiro atoms. The van der Waals surface area contributed by atoms with Gasteiger partial charge in [-0.25, -0.2) is 4.39 Å². The molecule has 0 aromatic heterocycles. The summed E-state index contributed by atoms with van der Waals surface area (Å²) in [7, 11) is 0. The highest BCUT2D eigenvalue weighted by Crippen LogP contribution is 2.26. The fourth-order valence-corrected chi connectivity index (χ4v) is 2.75. The number of hydrogen-bond donors (Lipinski definition) is 2. The smallest absolute Gasteiger partial charge is 0.237 e. The molecular formula is C18H20BrFN2O. The number of rotatable bonds is 6. The fraction of sp³-hybridized carbons (Fsp3) is 0.278. The van der Waals surface area contributed by atoms with Gasteiger partial charge in [-0.15, -0.1) is 0 Å². The minimum atomic E-state index is -0.593. The van der Waals surface area contributed by atoms with Crippen LogP contribution in [0.4, 0.5) is 4.39 Å². The molecule has 122 valence electrons. The summed E-state index contributed by atoms with van der Waals surface area (Å²) in [5, 5.41) is 2.88. The zero-order chi connectivity index (χ0) is 16.8. The first kappa shape index (κ1) is 17.6. The highest BCUT2D eigenvalue weighted by molar-refractivity contribution is 9.10. The normalized spacial score (nSPS) is 13.4. The van der Waals surface area contributed by atoms with Crippen molar-refractivity contribution < 1.29 is 9.18 Å². The van der Waals surface area contributed by atoms with E-state index >= 15 is 0 Å². The summed E-state index contributed by atoms with van der Waals surface area (Å²) in [4.78, 5) is 12.3. The van der Waals surface area contributed by atoms with E-state index in [9.17, 15) is 9.18 Å². The zero-order valence-electron chi connectivity index (χ0n) is 12.9. The number of benzene rings is 2. The minimum absolute atomic E-state index is 0.275. The van der Waals surface area contributed by atoms with Gasteiger partial charge in [-0.1, -0.05) is 65.7 Å². The summed E-state index contributed by atoms with van der Waals surface area (Å²) >= 11 is 3.25. The topological polar surface area (TPSA) is 55.1 Å². The van der Waals surface area contributed by atoms with E-state index in [0.29, 0.717) is 16.5 Å². The van der Waals surface area contributed by atoms with E-state index < -0.39 is 12.1 Å². The Morgan fingerprint density at radius 1 is 1.26 bits per heavy atom. The molecule has 2 atom stereocenters. The minimum Gasteiger partial charge on any atom is -0.344 e. The highest BCUT2D eigenvalue weighted by Gasteiger charge is 2.22. The molecule has 0 radical (unpaired) electrons. The predicted octanol–water partition coefficient (Wildman–Crippen LogP) is 3.92. The third-order valence-corrected chi connectivity index (χ3v) is 4.12. The number of halogens is 2. The van der Waals surface area contributed by atoms with Crippen molar-refractivity contribution >= 4 is 21.8 Å². The van der Waals surface area contributed by atoms with Crippen molar-refractivity contribution in [2.45, 2.75) is 31.8 Å². The van der Waals surface area contributed by atoms with Crippen LogP contribution >= 0.6 is 15.9 Å². The quantitative estimate of drug-likeness (QED) is 0.799. The van der Waals surface area contributed by atoms with E-state index in [4.69, 9.17) is 5.73 Å². The molecule has 0 saturated carbocycles. The first-order chi connectivity index (χ1) is 11.0. The lowest BCUT2D eigenvalue weighted by molar-refractivity contribution is -0.123. The van der Waals surface area contributed by atoms with Crippen molar-refractivity contribution in [1.29, 1.82) is 0 Å². The second-order valence-corrected chi connectivity index (χ2v) is 6.33. The number of carbonyl (C=O) groups excluding carboxylic acids is 1. The first-order valence-corrected chi connectivity index (χ1v) is 8.38. The maximum absolute atomic E-state index is 14.4. The Bertz CT molecular complexity index is 663. The Labute approximate surface area is 144 Å². The van der Waals surface area contributed by atoms with Gasteiger partial charge in [0.25, 0.3) is 0 Å². The molecule has 3 nitrogen and oxygen atoms in total. The molecule has 0 fully saturated rings. The van der Waals surface area contributed by atoms with Crippen molar-refractivity contribution in [3.63, 3.8) is 0 Å². The number of nitrogens with one attached hydrogen (secondary N) is 1. The Hall–Kier alpha value is -1.72. The van der Waals surface area contributed by atoms with Gasteiger partial charge in [0.15, 0.2) is 0 Å². The average molecular weight is 379 g/mol. The lowest BCUT2D eigenvalue weighted by Gasteiger charge is -2.22. The van der Waals surface area contributed by atoms with Gasteiger partial charge in [-0.05, 0) is 24.1 Å². The van der Waals surface area contributed by atoms with Gasteiger partial charge in [-0.3, -0.25) is 4.79 Å². The van der Waals surface area contributed by atoms with Gasteiger partial charge in [-0.2, -0.15) is 0 Å². The van der Waals surface area contributed by atoms with Crippen LogP contribution in [0.5, 0.6) is 0 Å². The summed E-state index contributed by atoms with van der Waals surface area (Å²) in [5.41, 5.74) is 7.11. The molecule has 1 amide bonds. The average Bonchev–Trinajstić information content (AvgIpc) is 2.54. The Kier molecular flexibility index (Phi) is 6.30. The van der Waals surface area contributed by atoms with Crippen molar-refractivity contribution in [1.82, 2.24) is 5.32 Å². The SMILES string of the molecule is CCCC(N)C(=O)NC(c1ccccc1)c1ccc(Br)cc1F. The molecule has 2 unspecified atom stereocenters. The lowest BCUT2D eigenvalue weighted by Crippen LogP contribution is -2.42. The third-order valence-electron chi connectivity index (χ3n) is 3.63. The van der Waals surface area contributed by atoms with Gasteiger partial charge >= 0.3 is 0 Å². The van der Waals surface area contributed by atoms with Crippen LogP contribution in [0.15, 0.2) is 53.0 Å². The van der Waals surface area contributed by atoms with Crippen LogP contribution in [0.1, 0.15) is 36.9 Å². The zero-order valence-corrected chi connectivity index (χ0v) is 14.5. The second kappa shape index (κ2) is 8.22. The largest absolute Gasteiger partial charge is 0.344 e. The molecule has 0 saturated heterocycles. The number of amides is 1. The van der Waals surface area contributed by atoms with Gasteiger partial charge in [0.1, 0.15) is 5.82 Å². The molecular weight excluding hydrogens is 359 g/mol. The van der Waals surface area contributed by atoms with Gasteiger partial charge in [0.05, 0.1) is 12.1 Å². The van der Waals surface area contributed by atoms with E-state index in [1.165, 1.54) is 6.07 Å². The lowest BCUT2D eigenvalue weighted by atomic mass is 9.97. The monoisotopic (exact) mass is 378 g/mol. The molecule has 5 heteroatoms. The highest BCUT2D eigenvalue weighted by atomic mass is 79.9. The van der Waals surface area contributed by atoms with E-state index in [2.05, 4.69) is 21.2 Å². The number of hydrogen-bond acceptors (Lipinski definition) is 2. The van der Waals surface area contributed by atoms with E-state index in [-0.39, 0.29) is 11.7 Å². The molecule has 0 bridgehead atoms. The van der Waals surface area contributed by atoms with Crippen LogP contribution in [0.25, 0.3) is 0 Å². The maximum Gasteiger partial charge on any atom is 0.237 e. The van der Waals surface area contributed by atoms with Crippen molar-refractivity contribution in [3.8, 4) is 0 Å². The summed E-state index contributed by atoms with van der Waals surface area (Å²) in [6.07, 6.45) is 1.41. The molecule has 2 aromatic rings. The van der Waals surface area contributed by atoms with Crippen LogP contribution < -0.4 is 11.1 Å². The summed E-state index contributed by atoms with van der Waals surface area (Å²) in [6.45, 7) is 1.97. The van der Waals surface area contributed by atoms with Crippen molar-refractivity contribution in [3.05, 3.63) is 69.9 Å². The predicted molar refractivity (Wildman–Crippen MR) is 93.4 cm³/mol. The van der Waals surface area contributed by atoms with E-state index in [0.717, 1.165) is 12.0 Å². The van der Waals surface area contributed by atoms with Crippen LogP contribution in [0.2, 0.25) is 0 Å². The summed E-state index contributed by atoms with van der Waals surface area (Å²) in [6, 6.07) is 13.0. The van der Waals surface area contributed by atoms with Gasteiger partial charge in [0.2, 0.25) is 5.91 Å². The molecule has 3 N–H and O–H groups in total. The van der Waals surface area contributed by atoms with E-state index in [1.54, 1.807) is 12.1 Å². The molecule has 0 aliphatic carbocycles. The Morgan fingerprint density at radius 2 is 1.96 bits per heavy atom. The van der Waals surface area contributed by atoms with Crippen molar-refractivity contribution in [2.75, 3.05) is 0 Å². The standard InChI is InChI=1S/C18H20BrFN2O/c1-2-6-16(21)18(23)22-17(12-7-4-3-5-8-12)14-10-9-13(19)11-15(14)20/h3-5,7-11,16-17H,2,6,21H2,1H3,(H,22,23). The second-order valence-electron chi connectivity index (χ2n) is 5.41. The molecule has 0 aliphatic rings. The molecule has 2 rings (SSSR count). The fourth-order valence-electron chi connectivity index (χ4n) is 2.41. The summed E-state index contributed by atoms with van der Waals surface area (Å²) in [5.74, 6) is -0.652. The van der Waals surface area contributed by atoms with Crippen LogP contribution in [0.3, 0.4) is 0 Å². The molecule has 23 heavy (non-hydrogen) atoms. The van der Waals surface area contributed by atoms with Gasteiger partial charge < -0.3 is 11.1 Å². The van der Waals surface area contributed by atoms with Crippen LogP contribution in [0, 0.1) is 5.82 Å². The van der Waals surface area contributed by atoms with Crippen LogP contribution in [-0.4, -0.2) is 11.9 Å². The number of carbonyl (C=O) groups is 1. The Balaban J connectivity index is 2.35. The van der Waals surface area contributed by atoms with E-state index in [1.807, 2.05) is 37.3 Å². The molecule has 0 aliphatic heterocycles. The maximum atomic E-state index is 14.4. The number of nitrogens with two attached hydrogens (primary N) is 1. The van der Waals surface area contributed by atoms with Crippen LogP contribution in [-0.2, 0) is 4.79 Å². The third kappa shape index (κ3) is 4.62. The van der Waals surface area contributed by atoms with Gasteiger partial charge in [0, 0.05) is 10.0 Å². The Morgan fingerprint density at radius 3 is 2.57 bits per heavy atom. The summed E-state index contributed by atoms with van der Waals surface area (Å²) < 4.78 is 15.0. The first-order valence-electron chi connectivity index (χ1n) is 7.58.